The van der Waals surface area contributed by atoms with Crippen LogP contribution in [0.25, 0.3) is 0 Å². The number of rotatable bonds is 62. The van der Waals surface area contributed by atoms with Crippen LogP contribution < -0.4 is 5.32 Å². The van der Waals surface area contributed by atoms with Gasteiger partial charge in [-0.1, -0.05) is 314 Å². The van der Waals surface area contributed by atoms with Crippen molar-refractivity contribution in [1.29, 1.82) is 0 Å². The van der Waals surface area contributed by atoms with Crippen LogP contribution in [0, 0.1) is 0 Å². The molecule has 1 saturated heterocycles. The van der Waals surface area contributed by atoms with Gasteiger partial charge in [-0.2, -0.15) is 0 Å². The molecule has 82 heavy (non-hydrogen) atoms. The molecule has 0 spiro atoms. The van der Waals surface area contributed by atoms with Crippen LogP contribution in [-0.4, -0.2) is 110 Å². The van der Waals surface area contributed by atoms with Crippen molar-refractivity contribution in [3.05, 3.63) is 36.5 Å². The lowest BCUT2D eigenvalue weighted by atomic mass is 9.98. The molecule has 1 aliphatic heterocycles. The number of allylic oxidation sites excluding steroid dienone is 6. The first-order valence-corrected chi connectivity index (χ1v) is 35.4. The number of aliphatic hydroxyl groups is 7. The molecule has 8 N–H and O–H groups in total. The highest BCUT2D eigenvalue weighted by molar-refractivity contribution is 5.80. The normalized spacial score (nSPS) is 19.3. The molecule has 0 radical (unpaired) electrons. The number of amides is 1. The van der Waals surface area contributed by atoms with E-state index in [2.05, 4.69) is 55.6 Å². The molecule has 1 amide bonds. The highest BCUT2D eigenvalue weighted by atomic mass is 16.7. The SMILES string of the molecule is CCCCCC/C=C/CC/C=C/CC/C=C/CCCC(O)C(O)C(COC1OC(CO)C(O)C(O)C1O)NC(=O)C(O)CCCCCCCCCCCCCCCCCCCCCCCCCCCCCCCCCCCCCCCC. The van der Waals surface area contributed by atoms with Crippen LogP contribution in [-0.2, 0) is 14.3 Å². The van der Waals surface area contributed by atoms with Gasteiger partial charge in [0, 0.05) is 0 Å². The lowest BCUT2D eigenvalue weighted by Gasteiger charge is -2.40. The van der Waals surface area contributed by atoms with Gasteiger partial charge in [0.15, 0.2) is 6.29 Å². The number of ether oxygens (including phenoxy) is 2. The molecule has 484 valence electrons. The summed E-state index contributed by atoms with van der Waals surface area (Å²) in [6.07, 6.45) is 65.4. The number of nitrogens with one attached hydrogen (secondary N) is 1. The third-order valence-corrected chi connectivity index (χ3v) is 17.2. The Bertz CT molecular complexity index is 1430. The Balaban J connectivity index is 2.12. The summed E-state index contributed by atoms with van der Waals surface area (Å²) in [4.78, 5) is 13.2. The number of aliphatic hydroxyl groups excluding tert-OH is 7. The van der Waals surface area contributed by atoms with Crippen LogP contribution in [0.4, 0.5) is 0 Å². The Hall–Kier alpha value is -1.67. The van der Waals surface area contributed by atoms with Gasteiger partial charge in [-0.3, -0.25) is 4.79 Å². The summed E-state index contributed by atoms with van der Waals surface area (Å²) in [6, 6.07) is -1.19. The number of hydrogen-bond acceptors (Lipinski definition) is 10. The van der Waals surface area contributed by atoms with Gasteiger partial charge in [0.25, 0.3) is 0 Å². The van der Waals surface area contributed by atoms with E-state index in [4.69, 9.17) is 9.47 Å². The topological polar surface area (TPSA) is 189 Å². The van der Waals surface area contributed by atoms with Crippen molar-refractivity contribution < 1.29 is 50.0 Å². The van der Waals surface area contributed by atoms with Crippen molar-refractivity contribution in [2.45, 2.75) is 396 Å². The molecular formula is C71H135NO10. The number of carbonyl (C=O) groups excluding carboxylic acids is 1. The van der Waals surface area contributed by atoms with E-state index in [0.29, 0.717) is 19.3 Å². The fraction of sp³-hybridized carbons (Fsp3) is 0.901. The standard InChI is InChI=1S/C71H135NO10/c1-3-5-7-9-11-13-15-17-19-21-22-23-24-25-26-27-28-29-30-31-32-33-34-35-36-37-38-39-40-41-43-45-47-49-51-53-55-57-59-64(75)70(80)72-62(61-81-71-69(79)68(78)67(77)65(60-73)82-71)66(76)63(74)58-56-54-52-50-48-46-44-42-20-18-16-14-12-10-8-6-4-2/h14,16,42,44,50,52,62-69,71,73-79H,3-13,15,17-41,43,45-49,51,53-61H2,1-2H3,(H,72,80)/b16-14+,44-42+,52-50+. The van der Waals surface area contributed by atoms with Crippen LogP contribution in [0.2, 0.25) is 0 Å². The molecule has 0 aromatic heterocycles. The second-order valence-corrected chi connectivity index (χ2v) is 24.9. The van der Waals surface area contributed by atoms with Gasteiger partial charge in [0.1, 0.15) is 36.6 Å². The van der Waals surface area contributed by atoms with Crippen molar-refractivity contribution in [3.63, 3.8) is 0 Å². The van der Waals surface area contributed by atoms with Gasteiger partial charge >= 0.3 is 0 Å². The Morgan fingerprint density at radius 2 is 0.732 bits per heavy atom. The van der Waals surface area contributed by atoms with E-state index in [-0.39, 0.29) is 12.8 Å². The van der Waals surface area contributed by atoms with Gasteiger partial charge in [0.2, 0.25) is 5.91 Å². The van der Waals surface area contributed by atoms with Gasteiger partial charge in [-0.05, 0) is 64.2 Å². The van der Waals surface area contributed by atoms with Crippen LogP contribution in [0.3, 0.4) is 0 Å². The van der Waals surface area contributed by atoms with Gasteiger partial charge < -0.3 is 50.5 Å². The average Bonchev–Trinajstić information content (AvgIpc) is 3.53. The lowest BCUT2D eigenvalue weighted by Crippen LogP contribution is -2.60. The fourth-order valence-corrected chi connectivity index (χ4v) is 11.5. The zero-order valence-corrected chi connectivity index (χ0v) is 53.5. The van der Waals surface area contributed by atoms with E-state index in [1.165, 1.54) is 250 Å². The van der Waals surface area contributed by atoms with E-state index >= 15 is 0 Å². The Morgan fingerprint density at radius 1 is 0.415 bits per heavy atom. The Kier molecular flexibility index (Phi) is 57.0. The Morgan fingerprint density at radius 3 is 1.09 bits per heavy atom. The molecule has 0 bridgehead atoms. The number of hydrogen-bond donors (Lipinski definition) is 8. The minimum absolute atomic E-state index is 0.242. The molecule has 0 saturated carbocycles. The molecule has 11 heteroatoms. The number of carbonyl (C=O) groups is 1. The summed E-state index contributed by atoms with van der Waals surface area (Å²) >= 11 is 0. The molecule has 0 aromatic rings. The van der Waals surface area contributed by atoms with Crippen LogP contribution in [0.5, 0.6) is 0 Å². The maximum absolute atomic E-state index is 13.2. The first-order valence-electron chi connectivity index (χ1n) is 35.4. The van der Waals surface area contributed by atoms with E-state index in [1.807, 2.05) is 0 Å². The van der Waals surface area contributed by atoms with Crippen molar-refractivity contribution in [2.75, 3.05) is 13.2 Å². The van der Waals surface area contributed by atoms with E-state index in [1.54, 1.807) is 0 Å². The third kappa shape index (κ3) is 46.5. The predicted molar refractivity (Wildman–Crippen MR) is 344 cm³/mol. The summed E-state index contributed by atoms with van der Waals surface area (Å²) in [5, 5.41) is 76.3. The highest BCUT2D eigenvalue weighted by Gasteiger charge is 2.44. The minimum atomic E-state index is -1.67. The zero-order chi connectivity index (χ0) is 59.6. The number of unbranched alkanes of at least 4 members (excludes halogenated alkanes) is 44. The second kappa shape index (κ2) is 59.7. The average molecular weight is 1160 g/mol. The van der Waals surface area contributed by atoms with Crippen molar-refractivity contribution in [3.8, 4) is 0 Å². The van der Waals surface area contributed by atoms with Crippen LogP contribution >= 0.6 is 0 Å². The van der Waals surface area contributed by atoms with E-state index in [0.717, 1.165) is 44.9 Å². The smallest absolute Gasteiger partial charge is 0.249 e. The summed E-state index contributed by atoms with van der Waals surface area (Å²) < 4.78 is 11.2. The first kappa shape index (κ1) is 78.3. The molecule has 1 fully saturated rings. The predicted octanol–water partition coefficient (Wildman–Crippen LogP) is 17.0. The van der Waals surface area contributed by atoms with E-state index in [9.17, 15) is 40.5 Å². The summed E-state index contributed by atoms with van der Waals surface area (Å²) in [6.45, 7) is 3.45. The van der Waals surface area contributed by atoms with Gasteiger partial charge in [0.05, 0.1) is 25.4 Å². The summed E-state index contributed by atoms with van der Waals surface area (Å²) in [5.41, 5.74) is 0. The quantitative estimate of drug-likeness (QED) is 0.0215. The van der Waals surface area contributed by atoms with Crippen LogP contribution in [0.15, 0.2) is 36.5 Å². The fourth-order valence-electron chi connectivity index (χ4n) is 11.5. The maximum atomic E-state index is 13.2. The largest absolute Gasteiger partial charge is 0.394 e. The molecular weight excluding hydrogens is 1030 g/mol. The van der Waals surface area contributed by atoms with Crippen molar-refractivity contribution in [1.82, 2.24) is 5.32 Å². The maximum Gasteiger partial charge on any atom is 0.249 e. The van der Waals surface area contributed by atoms with Gasteiger partial charge in [-0.25, -0.2) is 0 Å². The molecule has 0 aliphatic carbocycles. The molecule has 1 rings (SSSR count). The Labute approximate surface area is 505 Å². The molecule has 9 atom stereocenters. The van der Waals surface area contributed by atoms with Crippen molar-refractivity contribution >= 4 is 5.91 Å². The third-order valence-electron chi connectivity index (χ3n) is 17.2. The van der Waals surface area contributed by atoms with Crippen LogP contribution in [0.1, 0.15) is 341 Å². The highest BCUT2D eigenvalue weighted by Crippen LogP contribution is 2.24. The molecule has 9 unspecified atom stereocenters. The summed E-state index contributed by atoms with van der Waals surface area (Å²) in [5.74, 6) is -0.707. The zero-order valence-electron chi connectivity index (χ0n) is 53.5. The lowest BCUT2D eigenvalue weighted by molar-refractivity contribution is -0.303. The molecule has 1 aliphatic rings. The van der Waals surface area contributed by atoms with Gasteiger partial charge in [-0.15, -0.1) is 0 Å². The van der Waals surface area contributed by atoms with Crippen molar-refractivity contribution in [2.24, 2.45) is 0 Å². The monoisotopic (exact) mass is 1160 g/mol. The second-order valence-electron chi connectivity index (χ2n) is 24.9. The molecule has 11 nitrogen and oxygen atoms in total. The summed E-state index contributed by atoms with van der Waals surface area (Å²) in [7, 11) is 0. The molecule has 1 heterocycles. The van der Waals surface area contributed by atoms with E-state index < -0.39 is 74.2 Å². The molecule has 0 aromatic carbocycles. The minimum Gasteiger partial charge on any atom is -0.394 e. The first-order chi connectivity index (χ1) is 40.2.